The zero-order valence-corrected chi connectivity index (χ0v) is 78.2. The van der Waals surface area contributed by atoms with Crippen LogP contribution in [0.1, 0.15) is 5.56 Å². The quantitative estimate of drug-likeness (QED) is 0.0447. The van der Waals surface area contributed by atoms with Gasteiger partial charge in [0.25, 0.3) is 0 Å². The minimum absolute atomic E-state index is 0.193. The number of hydrogen-bond acceptors (Lipinski definition) is 10. The van der Waals surface area contributed by atoms with Crippen molar-refractivity contribution in [1.29, 1.82) is 5.26 Å². The number of para-hydroxylation sites is 3. The van der Waals surface area contributed by atoms with Gasteiger partial charge in [-0.15, -0.1) is 0 Å². The maximum absolute atomic E-state index is 15.1. The third-order valence-corrected chi connectivity index (χ3v) is 26.7. The summed E-state index contributed by atoms with van der Waals surface area (Å²) in [5, 5.41) is 17.5. The molecule has 0 saturated heterocycles. The van der Waals surface area contributed by atoms with Crippen molar-refractivity contribution in [2.45, 2.75) is 0 Å². The number of hydrogen-bond donors (Lipinski definition) is 0. The van der Waals surface area contributed by atoms with Crippen LogP contribution in [-0.4, -0.2) is 44.9 Å². The number of nitriles is 1. The molecule has 0 radical (unpaired) electrons. The standard InChI is InChI=1S/C45H24F5N3.C45H26F3N3.C40H24N4/c46-36-34(37(47)39(49)40(50)38(36)48)28-19-12-20-29(23-28)41-32-24-31(25-13-4-1-5-14-25)44-45(35(32)30-21-10-11-22-33(30)51-41)53-43(27-17-8-3-9-18-27)42(52-44)26-15-6-2-7-16-26;46-36-24-32(25-37(47)40(36)48)30-19-12-20-31(23-30)41-35-26-34(27-13-4-1-5-14-27)44-45(39(35)33-21-10-11-22-38(33)49-41)51-43(29-17-8-3-9-18-29)42(50-44)28-15-6-2-7-16-28;41-25-26-13-12-20-30(23-26)36-33-24-32(27-14-4-1-5-15-27)39-40(35(33)31-21-10-11-22-34(31)42-36)44-38(29-18-8-3-9-19-29)37(43-39)28-16-6-2-7-17-28/h1-24H;1-26H;1-24H. The highest BCUT2D eigenvalue weighted by Gasteiger charge is 2.31. The minimum Gasteiger partial charge on any atom is -0.247 e. The Morgan fingerprint density at radius 2 is 0.399 bits per heavy atom. The Morgan fingerprint density at radius 3 is 0.703 bits per heavy atom. The second-order valence-corrected chi connectivity index (χ2v) is 35.7. The first-order chi connectivity index (χ1) is 72.7. The van der Waals surface area contributed by atoms with Crippen molar-refractivity contribution in [3.63, 3.8) is 0 Å². The number of rotatable bonds is 14. The summed E-state index contributed by atoms with van der Waals surface area (Å²) in [6.07, 6.45) is 0. The van der Waals surface area contributed by atoms with E-state index >= 15 is 8.78 Å². The summed E-state index contributed by atoms with van der Waals surface area (Å²) in [5.74, 6) is -14.0. The predicted octanol–water partition coefficient (Wildman–Crippen LogP) is 34.3. The molecule has 0 amide bonds. The summed E-state index contributed by atoms with van der Waals surface area (Å²) >= 11 is 0. The fourth-order valence-corrected chi connectivity index (χ4v) is 19.8. The average molecular weight is 1930 g/mol. The van der Waals surface area contributed by atoms with E-state index in [2.05, 4.69) is 84.9 Å². The molecule has 0 bridgehead atoms. The van der Waals surface area contributed by atoms with Gasteiger partial charge in [-0.3, -0.25) is 0 Å². The summed E-state index contributed by atoms with van der Waals surface area (Å²) in [6.45, 7) is 0. The number of benzene rings is 20. The highest BCUT2D eigenvalue weighted by molar-refractivity contribution is 6.27. The van der Waals surface area contributed by atoms with Gasteiger partial charge in [0, 0.05) is 115 Å². The molecule has 6 heterocycles. The largest absolute Gasteiger partial charge is 0.247 e. The summed E-state index contributed by atoms with van der Waals surface area (Å²) in [5.41, 5.74) is 26.4. The lowest BCUT2D eigenvalue weighted by Crippen LogP contribution is -2.04. The smallest absolute Gasteiger partial charge is 0.200 e. The third kappa shape index (κ3) is 16.6. The highest BCUT2D eigenvalue weighted by Crippen LogP contribution is 2.50. The van der Waals surface area contributed by atoms with Crippen LogP contribution in [-0.2, 0) is 0 Å². The summed E-state index contributed by atoms with van der Waals surface area (Å²) in [4.78, 5) is 48.2. The van der Waals surface area contributed by atoms with E-state index in [1.54, 1.807) is 12.1 Å². The van der Waals surface area contributed by atoms with E-state index in [0.29, 0.717) is 61.4 Å². The molecule has 0 N–H and O–H groups in total. The maximum Gasteiger partial charge on any atom is 0.200 e. The molecular formula is C130H74F8N10. The average Bonchev–Trinajstić information content (AvgIpc) is 0.723. The molecule has 0 spiro atoms. The van der Waals surface area contributed by atoms with Crippen LogP contribution in [0.15, 0.2) is 449 Å². The van der Waals surface area contributed by atoms with Gasteiger partial charge in [0.15, 0.2) is 40.7 Å². The van der Waals surface area contributed by atoms with Crippen LogP contribution in [0.2, 0.25) is 0 Å². The Balaban J connectivity index is 0.000000119. The molecule has 26 aromatic rings. The number of pyridine rings is 3. The zero-order valence-electron chi connectivity index (χ0n) is 78.2. The molecular weight excluding hydrogens is 1850 g/mol. The lowest BCUT2D eigenvalue weighted by molar-refractivity contribution is 0.381. The van der Waals surface area contributed by atoms with E-state index in [4.69, 9.17) is 44.9 Å². The molecule has 0 atom stereocenters. The molecule has 18 heteroatoms. The Hall–Kier alpha value is -19.6. The first-order valence-electron chi connectivity index (χ1n) is 47.8. The molecule has 0 aliphatic rings. The topological polar surface area (TPSA) is 140 Å². The molecule has 20 aromatic carbocycles. The van der Waals surface area contributed by atoms with Gasteiger partial charge in [-0.25, -0.2) is 80.0 Å². The van der Waals surface area contributed by atoms with Crippen molar-refractivity contribution >= 4 is 98.1 Å². The highest BCUT2D eigenvalue weighted by atomic mass is 19.2. The number of halogens is 8. The van der Waals surface area contributed by atoms with Crippen LogP contribution in [0.4, 0.5) is 35.1 Å². The van der Waals surface area contributed by atoms with Crippen LogP contribution in [0.25, 0.3) is 255 Å². The van der Waals surface area contributed by atoms with E-state index in [-0.39, 0.29) is 11.1 Å². The van der Waals surface area contributed by atoms with Gasteiger partial charge < -0.3 is 0 Å². The predicted molar refractivity (Wildman–Crippen MR) is 578 cm³/mol. The second-order valence-electron chi connectivity index (χ2n) is 35.7. The van der Waals surface area contributed by atoms with Crippen LogP contribution < -0.4 is 0 Å². The number of fused-ring (bicyclic) bond motifs is 15. The van der Waals surface area contributed by atoms with Crippen LogP contribution in [0.5, 0.6) is 0 Å². The third-order valence-electron chi connectivity index (χ3n) is 26.7. The van der Waals surface area contributed by atoms with Gasteiger partial charge in [0.2, 0.25) is 5.82 Å². The Kier molecular flexibility index (Phi) is 23.7. The Labute approximate surface area is 842 Å². The van der Waals surface area contributed by atoms with Crippen molar-refractivity contribution in [3.8, 4) is 163 Å². The first-order valence-corrected chi connectivity index (χ1v) is 47.8. The zero-order chi connectivity index (χ0) is 100. The molecule has 700 valence electrons. The van der Waals surface area contributed by atoms with E-state index in [0.717, 1.165) is 195 Å². The van der Waals surface area contributed by atoms with Gasteiger partial charge in [-0.1, -0.05) is 376 Å². The molecule has 26 rings (SSSR count). The van der Waals surface area contributed by atoms with Gasteiger partial charge in [0.1, 0.15) is 0 Å². The lowest BCUT2D eigenvalue weighted by atomic mass is 9.92. The van der Waals surface area contributed by atoms with Crippen molar-refractivity contribution in [1.82, 2.24) is 44.9 Å². The Bertz CT molecular complexity index is 9760. The van der Waals surface area contributed by atoms with E-state index < -0.39 is 52.1 Å². The lowest BCUT2D eigenvalue weighted by Gasteiger charge is -2.18. The number of nitrogens with zero attached hydrogens (tertiary/aromatic N) is 10. The van der Waals surface area contributed by atoms with Gasteiger partial charge in [-0.2, -0.15) is 5.26 Å². The molecule has 0 fully saturated rings. The maximum atomic E-state index is 15.1. The minimum atomic E-state index is -2.21. The normalized spacial score (nSPS) is 11.4. The van der Waals surface area contributed by atoms with Crippen LogP contribution >= 0.6 is 0 Å². The van der Waals surface area contributed by atoms with E-state index in [1.165, 1.54) is 18.2 Å². The molecule has 10 nitrogen and oxygen atoms in total. The monoisotopic (exact) mass is 1930 g/mol. The van der Waals surface area contributed by atoms with Crippen LogP contribution in [0, 0.1) is 57.9 Å². The van der Waals surface area contributed by atoms with E-state index in [1.807, 2.05) is 328 Å². The van der Waals surface area contributed by atoms with Crippen molar-refractivity contribution in [2.75, 3.05) is 0 Å². The SMILES string of the molecule is Fc1c(F)c(F)c(-c2cccc(-c3nc4ccccc4c4c3cc(-c3ccccc3)c3nc(-c5ccccc5)c(-c5ccccc5)nc34)c2)c(F)c1F.Fc1cc(-c2cccc(-c3nc4ccccc4c4c3cc(-c3ccccc3)c3nc(-c5ccccc5)c(-c5ccccc5)nc34)c2)cc(F)c1F.N#Cc1cccc(-c2nc3ccccc3c3c2cc(-c2ccccc2)c2nc(-c4ccccc4)c(-c4ccccc4)nc23)c1. The van der Waals surface area contributed by atoms with Gasteiger partial charge in [0.05, 0.1) is 118 Å². The second kappa shape index (κ2) is 38.7. The first kappa shape index (κ1) is 90.9. The molecule has 6 aromatic heterocycles. The van der Waals surface area contributed by atoms with Crippen LogP contribution in [0.3, 0.4) is 0 Å². The van der Waals surface area contributed by atoms with Crippen molar-refractivity contribution < 1.29 is 35.1 Å². The number of aromatic nitrogens is 9. The molecule has 0 aliphatic carbocycles. The summed E-state index contributed by atoms with van der Waals surface area (Å²) in [7, 11) is 0. The molecule has 0 saturated carbocycles. The van der Waals surface area contributed by atoms with E-state index in [9.17, 15) is 31.6 Å². The molecule has 0 aliphatic heterocycles. The fraction of sp³-hybridized carbons (Fsp3) is 0. The van der Waals surface area contributed by atoms with Gasteiger partial charge in [-0.05, 0) is 106 Å². The fourth-order valence-electron chi connectivity index (χ4n) is 19.8. The summed E-state index contributed by atoms with van der Waals surface area (Å²) < 4.78 is 115. The summed E-state index contributed by atoms with van der Waals surface area (Å²) in [6, 6.07) is 146. The van der Waals surface area contributed by atoms with Crippen molar-refractivity contribution in [3.05, 3.63) is 501 Å². The Morgan fingerprint density at radius 1 is 0.162 bits per heavy atom. The van der Waals surface area contributed by atoms with Gasteiger partial charge >= 0.3 is 0 Å². The molecule has 0 unspecified atom stereocenters. The molecule has 148 heavy (non-hydrogen) atoms. The van der Waals surface area contributed by atoms with Crippen molar-refractivity contribution in [2.24, 2.45) is 0 Å².